The van der Waals surface area contributed by atoms with Crippen molar-refractivity contribution < 1.29 is 5.11 Å². The Morgan fingerprint density at radius 1 is 1.33 bits per heavy atom. The Hall–Kier alpha value is -0.820. The lowest BCUT2D eigenvalue weighted by molar-refractivity contribution is 0.149. The minimum atomic E-state index is -0.130. The van der Waals surface area contributed by atoms with E-state index in [9.17, 15) is 5.11 Å². The van der Waals surface area contributed by atoms with Gasteiger partial charge >= 0.3 is 0 Å². The number of rotatable bonds is 0. The molecule has 1 aliphatic rings. The highest BCUT2D eigenvalue weighted by molar-refractivity contribution is 5.32. The van der Waals surface area contributed by atoms with Crippen molar-refractivity contribution >= 4 is 0 Å². The maximum Gasteiger partial charge on any atom is 0.0586 e. The Labute approximate surface area is 73.0 Å². The van der Waals surface area contributed by atoms with Crippen LogP contribution in [0.25, 0.3) is 0 Å². The number of benzene rings is 1. The summed E-state index contributed by atoms with van der Waals surface area (Å²) in [5.41, 5.74) is 2.74. The van der Waals surface area contributed by atoms with Gasteiger partial charge in [-0.25, -0.2) is 0 Å². The molecule has 1 aromatic rings. The first-order chi connectivity index (χ1) is 5.77. The second-order valence-electron chi connectivity index (χ2n) is 3.69. The highest BCUT2D eigenvalue weighted by atomic mass is 16.3. The second-order valence-corrected chi connectivity index (χ2v) is 3.69. The number of aliphatic hydroxyl groups excluding tert-OH is 1. The fourth-order valence-electron chi connectivity index (χ4n) is 2.07. The van der Waals surface area contributed by atoms with Crippen molar-refractivity contribution in [2.75, 3.05) is 0 Å². The van der Waals surface area contributed by atoms with Crippen LogP contribution in [0.3, 0.4) is 0 Å². The van der Waals surface area contributed by atoms with Crippen LogP contribution in [0, 0.1) is 0 Å². The molecule has 0 spiro atoms. The number of fused-ring (bicyclic) bond motifs is 1. The van der Waals surface area contributed by atoms with E-state index in [2.05, 4.69) is 25.1 Å². The molecule has 0 heterocycles. The summed E-state index contributed by atoms with van der Waals surface area (Å²) in [6.07, 6.45) is 1.62. The molecule has 0 amide bonds. The molecule has 0 aliphatic heterocycles. The Bertz CT molecular complexity index is 280. The van der Waals surface area contributed by atoms with Gasteiger partial charge in [0.2, 0.25) is 0 Å². The monoisotopic (exact) mass is 162 g/mol. The Morgan fingerprint density at radius 3 is 2.92 bits per heavy atom. The third-order valence-electron chi connectivity index (χ3n) is 2.67. The molecule has 0 radical (unpaired) electrons. The van der Waals surface area contributed by atoms with Crippen LogP contribution in [0.2, 0.25) is 0 Å². The summed E-state index contributed by atoms with van der Waals surface area (Å²) in [6, 6.07) is 8.41. The summed E-state index contributed by atoms with van der Waals surface area (Å²) in [4.78, 5) is 0. The summed E-state index contributed by atoms with van der Waals surface area (Å²) in [7, 11) is 0. The summed E-state index contributed by atoms with van der Waals surface area (Å²) < 4.78 is 0. The molecule has 1 heteroatoms. The molecule has 0 saturated heterocycles. The molecule has 1 N–H and O–H groups in total. The minimum Gasteiger partial charge on any atom is -0.393 e. The molecular weight excluding hydrogens is 148 g/mol. The van der Waals surface area contributed by atoms with Crippen molar-refractivity contribution in [1.82, 2.24) is 0 Å². The Kier molecular flexibility index (Phi) is 1.89. The largest absolute Gasteiger partial charge is 0.393 e. The molecule has 0 saturated carbocycles. The summed E-state index contributed by atoms with van der Waals surface area (Å²) >= 11 is 0. The van der Waals surface area contributed by atoms with Crippen molar-refractivity contribution in [3.63, 3.8) is 0 Å². The van der Waals surface area contributed by atoms with E-state index in [1.54, 1.807) is 0 Å². The first kappa shape index (κ1) is 7.81. The molecule has 2 rings (SSSR count). The van der Waals surface area contributed by atoms with Gasteiger partial charge in [-0.3, -0.25) is 0 Å². The molecular formula is C11H14O. The third kappa shape index (κ3) is 1.25. The first-order valence-corrected chi connectivity index (χ1v) is 4.53. The van der Waals surface area contributed by atoms with Crippen LogP contribution in [0.5, 0.6) is 0 Å². The third-order valence-corrected chi connectivity index (χ3v) is 2.67. The highest BCUT2D eigenvalue weighted by Crippen LogP contribution is 2.30. The van der Waals surface area contributed by atoms with Crippen LogP contribution in [0.15, 0.2) is 24.3 Å². The topological polar surface area (TPSA) is 20.2 Å². The standard InChI is InChI=1S/C11H14O/c1-8-6-10(12)7-9-4-2-3-5-11(8)9/h2-5,8,10,12H,6-7H2,1H3. The molecule has 0 bridgehead atoms. The quantitative estimate of drug-likeness (QED) is 0.619. The zero-order valence-electron chi connectivity index (χ0n) is 7.33. The van der Waals surface area contributed by atoms with E-state index in [4.69, 9.17) is 0 Å². The zero-order valence-corrected chi connectivity index (χ0v) is 7.33. The van der Waals surface area contributed by atoms with E-state index in [-0.39, 0.29) is 6.10 Å². The smallest absolute Gasteiger partial charge is 0.0586 e. The Morgan fingerprint density at radius 2 is 2.08 bits per heavy atom. The van der Waals surface area contributed by atoms with E-state index in [0.717, 1.165) is 12.8 Å². The number of hydrogen-bond acceptors (Lipinski definition) is 1. The molecule has 1 aliphatic carbocycles. The average molecular weight is 162 g/mol. The van der Waals surface area contributed by atoms with Crippen LogP contribution in [0.4, 0.5) is 0 Å². The van der Waals surface area contributed by atoms with Gasteiger partial charge in [0, 0.05) is 0 Å². The van der Waals surface area contributed by atoms with Gasteiger partial charge in [0.1, 0.15) is 0 Å². The lowest BCUT2D eigenvalue weighted by Crippen LogP contribution is -2.20. The van der Waals surface area contributed by atoms with Crippen LogP contribution >= 0.6 is 0 Å². The lowest BCUT2D eigenvalue weighted by Gasteiger charge is -2.25. The molecule has 1 nitrogen and oxygen atoms in total. The number of hydrogen-bond donors (Lipinski definition) is 1. The fraction of sp³-hybridized carbons (Fsp3) is 0.455. The van der Waals surface area contributed by atoms with Crippen LogP contribution in [-0.2, 0) is 6.42 Å². The fourth-order valence-corrected chi connectivity index (χ4v) is 2.07. The van der Waals surface area contributed by atoms with Crippen molar-refractivity contribution in [1.29, 1.82) is 0 Å². The highest BCUT2D eigenvalue weighted by Gasteiger charge is 2.21. The normalized spacial score (nSPS) is 28.2. The summed E-state index contributed by atoms with van der Waals surface area (Å²) in [5, 5.41) is 9.53. The van der Waals surface area contributed by atoms with E-state index in [0.29, 0.717) is 5.92 Å². The number of aliphatic hydroxyl groups is 1. The van der Waals surface area contributed by atoms with Gasteiger partial charge in [-0.1, -0.05) is 31.2 Å². The van der Waals surface area contributed by atoms with Crippen molar-refractivity contribution in [2.24, 2.45) is 0 Å². The van der Waals surface area contributed by atoms with Crippen LogP contribution < -0.4 is 0 Å². The second kappa shape index (κ2) is 2.91. The van der Waals surface area contributed by atoms with Crippen LogP contribution in [-0.4, -0.2) is 11.2 Å². The molecule has 0 fully saturated rings. The van der Waals surface area contributed by atoms with Gasteiger partial charge in [0.05, 0.1) is 6.10 Å². The lowest BCUT2D eigenvalue weighted by atomic mass is 9.82. The van der Waals surface area contributed by atoms with Gasteiger partial charge in [-0.15, -0.1) is 0 Å². The zero-order chi connectivity index (χ0) is 8.55. The summed E-state index contributed by atoms with van der Waals surface area (Å²) in [5.74, 6) is 0.518. The maximum atomic E-state index is 9.53. The van der Waals surface area contributed by atoms with E-state index < -0.39 is 0 Å². The SMILES string of the molecule is CC1CC(O)Cc2ccccc21. The van der Waals surface area contributed by atoms with Gasteiger partial charge in [0.25, 0.3) is 0 Å². The van der Waals surface area contributed by atoms with Gasteiger partial charge in [0.15, 0.2) is 0 Å². The minimum absolute atomic E-state index is 0.130. The summed E-state index contributed by atoms with van der Waals surface area (Å²) in [6.45, 7) is 2.18. The molecule has 2 atom stereocenters. The molecule has 0 aromatic heterocycles. The molecule has 2 unspecified atom stereocenters. The predicted octanol–water partition coefficient (Wildman–Crippen LogP) is 2.10. The predicted molar refractivity (Wildman–Crippen MR) is 49.2 cm³/mol. The Balaban J connectivity index is 2.40. The van der Waals surface area contributed by atoms with Crippen molar-refractivity contribution in [2.45, 2.75) is 31.8 Å². The average Bonchev–Trinajstić information content (AvgIpc) is 2.04. The molecule has 64 valence electrons. The van der Waals surface area contributed by atoms with E-state index in [1.165, 1.54) is 11.1 Å². The first-order valence-electron chi connectivity index (χ1n) is 4.53. The van der Waals surface area contributed by atoms with E-state index in [1.807, 2.05) is 6.07 Å². The van der Waals surface area contributed by atoms with Gasteiger partial charge in [-0.05, 0) is 29.9 Å². The molecule has 12 heavy (non-hydrogen) atoms. The van der Waals surface area contributed by atoms with Crippen molar-refractivity contribution in [3.05, 3.63) is 35.4 Å². The van der Waals surface area contributed by atoms with Crippen LogP contribution in [0.1, 0.15) is 30.4 Å². The van der Waals surface area contributed by atoms with Gasteiger partial charge in [-0.2, -0.15) is 0 Å². The van der Waals surface area contributed by atoms with Crippen molar-refractivity contribution in [3.8, 4) is 0 Å². The maximum absolute atomic E-state index is 9.53. The molecule has 1 aromatic carbocycles. The van der Waals surface area contributed by atoms with E-state index >= 15 is 0 Å². The van der Waals surface area contributed by atoms with Gasteiger partial charge < -0.3 is 5.11 Å².